The van der Waals surface area contributed by atoms with E-state index in [1.54, 1.807) is 45.0 Å². The minimum atomic E-state index is -1.18. The first kappa shape index (κ1) is 34.5. The van der Waals surface area contributed by atoms with Crippen LogP contribution in [-0.4, -0.2) is 63.5 Å². The van der Waals surface area contributed by atoms with Crippen molar-refractivity contribution in [3.63, 3.8) is 0 Å². The van der Waals surface area contributed by atoms with E-state index in [2.05, 4.69) is 20.9 Å². The molecule has 46 heavy (non-hydrogen) atoms. The zero-order chi connectivity index (χ0) is 33.7. The lowest BCUT2D eigenvalue weighted by atomic mass is 10.2. The quantitative estimate of drug-likeness (QED) is 0.0855. The minimum Gasteiger partial charge on any atom is -0.444 e. The first-order valence-electron chi connectivity index (χ1n) is 13.7. The third-order valence-electron chi connectivity index (χ3n) is 5.54. The highest BCUT2D eigenvalue weighted by molar-refractivity contribution is 5.83. The molecule has 0 unspecified atom stereocenters. The summed E-state index contributed by atoms with van der Waals surface area (Å²) in [7, 11) is 0. The van der Waals surface area contributed by atoms with Gasteiger partial charge >= 0.3 is 24.0 Å². The molecule has 0 aliphatic rings. The van der Waals surface area contributed by atoms with Crippen LogP contribution < -0.4 is 26.4 Å². The zero-order valence-corrected chi connectivity index (χ0v) is 25.1. The predicted octanol–water partition coefficient (Wildman–Crippen LogP) is 3.13. The van der Waals surface area contributed by atoms with Crippen molar-refractivity contribution in [2.24, 2.45) is 0 Å². The van der Waals surface area contributed by atoms with Crippen molar-refractivity contribution in [2.75, 3.05) is 18.5 Å². The average Bonchev–Trinajstić information content (AvgIpc) is 2.99. The number of amides is 3. The van der Waals surface area contributed by atoms with Gasteiger partial charge in [-0.2, -0.15) is 4.98 Å². The molecule has 0 aliphatic carbocycles. The van der Waals surface area contributed by atoms with E-state index in [9.17, 15) is 34.1 Å². The highest BCUT2D eigenvalue weighted by atomic mass is 16.7. The van der Waals surface area contributed by atoms with Crippen molar-refractivity contribution in [3.05, 3.63) is 93.0 Å². The number of aromatic nitrogens is 2. The number of non-ortho nitro benzene ring substituents is 1. The van der Waals surface area contributed by atoms with Crippen LogP contribution in [0.3, 0.4) is 0 Å². The van der Waals surface area contributed by atoms with Crippen LogP contribution in [0.1, 0.15) is 26.3 Å². The van der Waals surface area contributed by atoms with E-state index in [4.69, 9.17) is 18.9 Å². The molecule has 1 heterocycles. The summed E-state index contributed by atoms with van der Waals surface area (Å²) in [6.07, 6.45) is -1.59. The van der Waals surface area contributed by atoms with E-state index < -0.39 is 59.7 Å². The van der Waals surface area contributed by atoms with Gasteiger partial charge in [0.1, 0.15) is 36.9 Å². The first-order valence-corrected chi connectivity index (χ1v) is 13.7. The van der Waals surface area contributed by atoms with E-state index >= 15 is 0 Å². The zero-order valence-electron chi connectivity index (χ0n) is 25.1. The van der Waals surface area contributed by atoms with E-state index in [1.165, 1.54) is 24.4 Å². The van der Waals surface area contributed by atoms with Crippen molar-refractivity contribution in [3.8, 4) is 5.75 Å². The summed E-state index contributed by atoms with van der Waals surface area (Å²) in [6, 6.07) is 13.9. The van der Waals surface area contributed by atoms with Crippen molar-refractivity contribution < 1.29 is 43.0 Å². The number of nitro groups is 1. The Morgan fingerprint density at radius 1 is 0.978 bits per heavy atom. The Morgan fingerprint density at radius 3 is 2.30 bits per heavy atom. The molecule has 3 aromatic rings. The van der Waals surface area contributed by atoms with Gasteiger partial charge < -0.3 is 29.6 Å². The molecular weight excluding hydrogens is 608 g/mol. The Morgan fingerprint density at radius 2 is 1.67 bits per heavy atom. The second kappa shape index (κ2) is 16.2. The molecule has 2 aromatic carbocycles. The highest BCUT2D eigenvalue weighted by Gasteiger charge is 2.21. The van der Waals surface area contributed by atoms with E-state index in [0.29, 0.717) is 0 Å². The van der Waals surface area contributed by atoms with Crippen molar-refractivity contribution in [2.45, 2.75) is 45.6 Å². The topological polar surface area (TPSA) is 219 Å². The van der Waals surface area contributed by atoms with Crippen LogP contribution in [0, 0.1) is 10.1 Å². The van der Waals surface area contributed by atoms with E-state index in [0.717, 1.165) is 22.3 Å². The van der Waals surface area contributed by atoms with Crippen LogP contribution in [0.25, 0.3) is 0 Å². The van der Waals surface area contributed by atoms with Crippen molar-refractivity contribution in [1.82, 2.24) is 20.2 Å². The molecule has 244 valence electrons. The molecule has 0 bridgehead atoms. The molecule has 3 amide bonds. The normalized spacial score (nSPS) is 11.4. The molecule has 1 aromatic heterocycles. The second-order valence-corrected chi connectivity index (χ2v) is 10.5. The Labute approximate surface area is 262 Å². The van der Waals surface area contributed by atoms with Crippen LogP contribution in [0.5, 0.6) is 5.75 Å². The molecule has 0 saturated heterocycles. The van der Waals surface area contributed by atoms with Gasteiger partial charge in [0.25, 0.3) is 5.69 Å². The number of benzene rings is 2. The molecule has 0 spiro atoms. The molecule has 3 N–H and O–H groups in total. The maximum absolute atomic E-state index is 12.8. The minimum absolute atomic E-state index is 0.00629. The second-order valence-electron chi connectivity index (χ2n) is 10.5. The van der Waals surface area contributed by atoms with Gasteiger partial charge in [0.15, 0.2) is 0 Å². The number of carbonyl (C=O) groups is 4. The summed E-state index contributed by atoms with van der Waals surface area (Å²) in [5, 5.41) is 18.1. The number of ether oxygens (including phenoxy) is 4. The van der Waals surface area contributed by atoms with Crippen LogP contribution in [-0.2, 0) is 32.2 Å². The lowest BCUT2D eigenvalue weighted by molar-refractivity contribution is -0.384. The summed E-state index contributed by atoms with van der Waals surface area (Å²) in [6.45, 7) is 3.74. The first-order chi connectivity index (χ1) is 21.8. The number of nitrogens with one attached hydrogen (secondary N) is 3. The molecule has 17 heteroatoms. The monoisotopic (exact) mass is 640 g/mol. The summed E-state index contributed by atoms with van der Waals surface area (Å²) in [5.41, 5.74) is -1.11. The summed E-state index contributed by atoms with van der Waals surface area (Å²) < 4.78 is 21.3. The average molecular weight is 641 g/mol. The van der Waals surface area contributed by atoms with Crippen LogP contribution >= 0.6 is 0 Å². The smallest absolute Gasteiger partial charge is 0.444 e. The lowest BCUT2D eigenvalue weighted by Gasteiger charge is -2.22. The number of rotatable bonds is 12. The number of hydrogen-bond donors (Lipinski definition) is 3. The van der Waals surface area contributed by atoms with Crippen molar-refractivity contribution >= 4 is 35.8 Å². The summed E-state index contributed by atoms with van der Waals surface area (Å²) in [4.78, 5) is 75.6. The molecule has 0 saturated carbocycles. The lowest BCUT2D eigenvalue weighted by Crippen LogP contribution is -2.49. The van der Waals surface area contributed by atoms with Gasteiger partial charge in [0.05, 0.1) is 11.0 Å². The Bertz CT molecular complexity index is 1590. The molecule has 17 nitrogen and oxygen atoms in total. The van der Waals surface area contributed by atoms with Crippen LogP contribution in [0.2, 0.25) is 0 Å². The molecule has 0 radical (unpaired) electrons. The maximum Gasteiger partial charge on any atom is 0.513 e. The number of anilines is 1. The fraction of sp³-hybridized carbons (Fsp3) is 0.310. The van der Waals surface area contributed by atoms with E-state index in [-0.39, 0.29) is 30.4 Å². The summed E-state index contributed by atoms with van der Waals surface area (Å²) >= 11 is 0. The molecular formula is C29H32N6O11. The summed E-state index contributed by atoms with van der Waals surface area (Å²) in [5.74, 6) is -0.841. The largest absolute Gasteiger partial charge is 0.513 e. The van der Waals surface area contributed by atoms with Gasteiger partial charge in [-0.1, -0.05) is 30.3 Å². The number of hydrogen-bond acceptors (Lipinski definition) is 12. The Balaban J connectivity index is 1.57. The third kappa shape index (κ3) is 12.3. The highest BCUT2D eigenvalue weighted by Crippen LogP contribution is 2.17. The van der Waals surface area contributed by atoms with Gasteiger partial charge in [-0.15, -0.1) is 0 Å². The fourth-order valence-electron chi connectivity index (χ4n) is 3.51. The van der Waals surface area contributed by atoms with Crippen LogP contribution in [0.4, 0.5) is 25.9 Å². The van der Waals surface area contributed by atoms with Crippen LogP contribution in [0.15, 0.2) is 71.7 Å². The maximum atomic E-state index is 12.8. The SMILES string of the molecule is CC(C)(C)OC(=O)NC[C@H](COC(=O)Oc1ccc([N+](=O)[O-])cc1)NC(=O)Cn1ccc(NC(=O)OCc2ccccc2)nc1=O. The standard InChI is InChI=1S/C29H32N6O11/c1-29(2,3)46-26(38)30-15-20(18-44-28(40)45-22-11-9-21(10-12-22)35(41)42)31-24(36)16-34-14-13-23(32-25(34)37)33-27(39)43-17-19-7-5-4-6-8-19/h4-14,20H,15-18H2,1-3H3,(H,30,38)(H,31,36)(H,32,33,37,39)/t20-/m1/s1. The number of carbonyl (C=O) groups excluding carboxylic acids is 4. The van der Waals surface area contributed by atoms with Gasteiger partial charge in [0.2, 0.25) is 5.91 Å². The predicted molar refractivity (Wildman–Crippen MR) is 160 cm³/mol. The number of alkyl carbamates (subject to hydrolysis) is 1. The van der Waals surface area contributed by atoms with Gasteiger partial charge in [-0.05, 0) is 44.5 Å². The molecule has 3 rings (SSSR count). The van der Waals surface area contributed by atoms with Crippen molar-refractivity contribution in [1.29, 1.82) is 0 Å². The number of nitrogens with zero attached hydrogens (tertiary/aromatic N) is 3. The van der Waals surface area contributed by atoms with Gasteiger partial charge in [-0.3, -0.25) is 24.8 Å². The molecule has 1 atom stereocenters. The Kier molecular flexibility index (Phi) is 12.1. The van der Waals surface area contributed by atoms with Gasteiger partial charge in [0, 0.05) is 24.9 Å². The fourth-order valence-corrected chi connectivity index (χ4v) is 3.51. The Hall–Kier alpha value is -6.00. The molecule has 0 aliphatic heterocycles. The van der Waals surface area contributed by atoms with E-state index in [1.807, 2.05) is 6.07 Å². The third-order valence-corrected chi connectivity index (χ3v) is 5.54. The van der Waals surface area contributed by atoms with Gasteiger partial charge in [-0.25, -0.2) is 19.2 Å². The number of nitro benzene ring substituents is 1. The molecule has 0 fully saturated rings.